The minimum atomic E-state index is -0.158. The van der Waals surface area contributed by atoms with Gasteiger partial charge in [-0.05, 0) is 48.2 Å². The van der Waals surface area contributed by atoms with Gasteiger partial charge in [-0.3, -0.25) is 0 Å². The van der Waals surface area contributed by atoms with Crippen LogP contribution in [0.4, 0.5) is 0 Å². The van der Waals surface area contributed by atoms with Crippen LogP contribution in [0.3, 0.4) is 0 Å². The first-order valence-corrected chi connectivity index (χ1v) is 12.9. The normalized spacial score (nSPS) is 41.3. The van der Waals surface area contributed by atoms with Gasteiger partial charge < -0.3 is 5.11 Å². The molecule has 0 saturated heterocycles. The van der Waals surface area contributed by atoms with Crippen LogP contribution < -0.4 is 0 Å². The molecule has 3 aliphatic carbocycles. The van der Waals surface area contributed by atoms with Crippen molar-refractivity contribution in [2.75, 3.05) is 0 Å². The first-order valence-electron chi connectivity index (χ1n) is 7.98. The molecule has 0 bridgehead atoms. The molecule has 2 fully saturated rings. The molecule has 0 heterocycles. The highest BCUT2D eigenvalue weighted by Crippen LogP contribution is 2.82. The first kappa shape index (κ1) is 17.4. The molecule has 0 radical (unpaired) electrons. The second-order valence-corrected chi connectivity index (χ2v) is 13.3. The largest absolute Gasteiger partial charge is 0.393 e. The van der Waals surface area contributed by atoms with Crippen molar-refractivity contribution in [2.24, 2.45) is 16.7 Å². The Morgan fingerprint density at radius 1 is 1.26 bits per heavy atom. The minimum absolute atomic E-state index is 0.0355. The zero-order valence-corrected chi connectivity index (χ0v) is 19.0. The van der Waals surface area contributed by atoms with Gasteiger partial charge in [0, 0.05) is 31.5 Å². The number of halogens is 3. The molecule has 2 saturated carbocycles. The van der Waals surface area contributed by atoms with Gasteiger partial charge in [-0.15, -0.1) is 0 Å². The summed E-state index contributed by atoms with van der Waals surface area (Å²) in [5, 5.41) is 10.4. The SMILES string of the molecule is C[C@]12CC(SI)=C(c3ccccc3)C3(CC3(Br)Br)[C@@H]1C[C@@H](O)C2. The van der Waals surface area contributed by atoms with Gasteiger partial charge >= 0.3 is 0 Å². The summed E-state index contributed by atoms with van der Waals surface area (Å²) in [7, 11) is 1.87. The third-order valence-electron chi connectivity index (χ3n) is 6.12. The summed E-state index contributed by atoms with van der Waals surface area (Å²) in [4.78, 5) is 1.49. The number of rotatable bonds is 2. The van der Waals surface area contributed by atoms with E-state index in [9.17, 15) is 5.11 Å². The van der Waals surface area contributed by atoms with Crippen molar-refractivity contribution in [3.8, 4) is 0 Å². The molecule has 0 aliphatic heterocycles. The Labute approximate surface area is 170 Å². The molecule has 1 unspecified atom stereocenters. The van der Waals surface area contributed by atoms with Crippen molar-refractivity contribution in [1.82, 2.24) is 0 Å². The summed E-state index contributed by atoms with van der Waals surface area (Å²) in [6.45, 7) is 2.39. The van der Waals surface area contributed by atoms with Crippen LogP contribution in [0.25, 0.3) is 5.57 Å². The fourth-order valence-corrected chi connectivity index (χ4v) is 8.96. The lowest BCUT2D eigenvalue weighted by Gasteiger charge is -2.45. The van der Waals surface area contributed by atoms with Crippen molar-refractivity contribution in [3.63, 3.8) is 0 Å². The molecule has 23 heavy (non-hydrogen) atoms. The van der Waals surface area contributed by atoms with E-state index in [1.165, 1.54) is 16.0 Å². The Morgan fingerprint density at radius 3 is 2.48 bits per heavy atom. The Kier molecular flexibility index (Phi) is 4.33. The molecule has 124 valence electrons. The van der Waals surface area contributed by atoms with Crippen LogP contribution in [-0.2, 0) is 0 Å². The van der Waals surface area contributed by atoms with Crippen molar-refractivity contribution >= 4 is 67.6 Å². The molecule has 1 aromatic rings. The van der Waals surface area contributed by atoms with Crippen LogP contribution in [0.1, 0.15) is 38.2 Å². The summed E-state index contributed by atoms with van der Waals surface area (Å²) in [6, 6.07) is 10.8. The van der Waals surface area contributed by atoms with Gasteiger partial charge in [0.25, 0.3) is 0 Å². The molecular weight excluding hydrogens is 551 g/mol. The highest BCUT2D eigenvalue weighted by molar-refractivity contribution is 14.2. The number of aliphatic hydroxyl groups is 1. The Balaban J connectivity index is 1.93. The fourth-order valence-electron chi connectivity index (χ4n) is 5.23. The highest BCUT2D eigenvalue weighted by atomic mass is 127. The van der Waals surface area contributed by atoms with E-state index in [1.807, 2.05) is 8.93 Å². The third kappa shape index (κ3) is 2.47. The van der Waals surface area contributed by atoms with Crippen molar-refractivity contribution in [1.29, 1.82) is 0 Å². The topological polar surface area (TPSA) is 20.2 Å². The second kappa shape index (κ2) is 5.73. The molecule has 4 rings (SSSR count). The average molecular weight is 570 g/mol. The molecule has 4 atom stereocenters. The predicted octanol–water partition coefficient (Wildman–Crippen LogP) is 6.54. The lowest BCUT2D eigenvalue weighted by atomic mass is 9.61. The van der Waals surface area contributed by atoms with E-state index in [2.05, 4.69) is 90.3 Å². The van der Waals surface area contributed by atoms with E-state index in [0.717, 1.165) is 25.7 Å². The van der Waals surface area contributed by atoms with E-state index < -0.39 is 0 Å². The van der Waals surface area contributed by atoms with Crippen molar-refractivity contribution < 1.29 is 5.11 Å². The smallest absolute Gasteiger partial charge is 0.0915 e. The maximum absolute atomic E-state index is 10.4. The van der Waals surface area contributed by atoms with Crippen LogP contribution in [0.2, 0.25) is 0 Å². The second-order valence-electron chi connectivity index (χ2n) is 7.57. The minimum Gasteiger partial charge on any atom is -0.393 e. The number of hydrogen-bond acceptors (Lipinski definition) is 2. The number of allylic oxidation sites excluding steroid dienone is 2. The zero-order valence-electron chi connectivity index (χ0n) is 12.9. The Hall–Kier alpha value is 0.960. The summed E-state index contributed by atoms with van der Waals surface area (Å²) >= 11 is 10.4. The van der Waals surface area contributed by atoms with Crippen LogP contribution in [0, 0.1) is 16.7 Å². The summed E-state index contributed by atoms with van der Waals surface area (Å²) in [5.74, 6) is 0.520. The number of hydrogen-bond donors (Lipinski definition) is 1. The molecule has 0 amide bonds. The lowest BCUT2D eigenvalue weighted by Crippen LogP contribution is -2.37. The molecule has 5 heteroatoms. The van der Waals surface area contributed by atoms with Crippen LogP contribution in [0.5, 0.6) is 0 Å². The van der Waals surface area contributed by atoms with Crippen LogP contribution in [-0.4, -0.2) is 14.4 Å². The molecule has 1 spiro atoms. The van der Waals surface area contributed by atoms with E-state index in [1.54, 1.807) is 0 Å². The quantitative estimate of drug-likeness (QED) is 0.322. The van der Waals surface area contributed by atoms with Gasteiger partial charge in [0.2, 0.25) is 0 Å². The van der Waals surface area contributed by atoms with E-state index in [0.29, 0.717) is 5.92 Å². The Morgan fingerprint density at radius 2 is 1.91 bits per heavy atom. The summed E-state index contributed by atoms with van der Waals surface area (Å²) in [6.07, 6.45) is 3.87. The molecule has 1 N–H and O–H groups in total. The molecular formula is C18H19Br2IOS. The van der Waals surface area contributed by atoms with Gasteiger partial charge in [-0.1, -0.05) is 78.0 Å². The van der Waals surface area contributed by atoms with Gasteiger partial charge in [-0.2, -0.15) is 0 Å². The predicted molar refractivity (Wildman–Crippen MR) is 114 cm³/mol. The van der Waals surface area contributed by atoms with E-state index in [4.69, 9.17) is 0 Å². The third-order valence-corrected chi connectivity index (χ3v) is 10.2. The van der Waals surface area contributed by atoms with E-state index >= 15 is 0 Å². The fraction of sp³-hybridized carbons (Fsp3) is 0.556. The maximum Gasteiger partial charge on any atom is 0.0915 e. The maximum atomic E-state index is 10.4. The number of alkyl halides is 2. The van der Waals surface area contributed by atoms with Crippen molar-refractivity contribution in [2.45, 2.75) is 41.9 Å². The Bertz CT molecular complexity index is 677. The van der Waals surface area contributed by atoms with E-state index in [-0.39, 0.29) is 20.2 Å². The molecule has 0 aromatic heterocycles. The highest BCUT2D eigenvalue weighted by Gasteiger charge is 2.76. The van der Waals surface area contributed by atoms with Gasteiger partial charge in [0.15, 0.2) is 0 Å². The monoisotopic (exact) mass is 568 g/mol. The van der Waals surface area contributed by atoms with Crippen LogP contribution in [0.15, 0.2) is 35.2 Å². The van der Waals surface area contributed by atoms with Gasteiger partial charge in [0.1, 0.15) is 0 Å². The van der Waals surface area contributed by atoms with Crippen molar-refractivity contribution in [3.05, 3.63) is 40.8 Å². The molecule has 3 aliphatic rings. The van der Waals surface area contributed by atoms with Gasteiger partial charge in [-0.25, -0.2) is 0 Å². The lowest BCUT2D eigenvalue weighted by molar-refractivity contribution is 0.154. The summed E-state index contributed by atoms with van der Waals surface area (Å²) < 4.78 is -0.0355. The standard InChI is InChI=1S/C18H19Br2IOS/c1-16-8-12(22)7-14(16)17(10-18(17,19)20)15(13(9-16)23-21)11-5-3-2-4-6-11/h2-6,12,14,22H,7-10H2,1H3/t12-,14-,16+,17?/m1/s1. The zero-order chi connectivity index (χ0) is 16.5. The number of aliphatic hydroxyl groups excluding tert-OH is 1. The number of fused-ring (bicyclic) bond motifs is 2. The summed E-state index contributed by atoms with van der Waals surface area (Å²) in [5.41, 5.74) is 3.14. The average Bonchev–Trinajstić information content (AvgIpc) is 2.90. The first-order chi connectivity index (χ1) is 10.8. The molecule has 1 aromatic carbocycles. The molecule has 1 nitrogen and oxygen atoms in total. The number of benzene rings is 1. The van der Waals surface area contributed by atoms with Crippen LogP contribution >= 0.6 is 62.0 Å². The van der Waals surface area contributed by atoms with Gasteiger partial charge in [0.05, 0.1) is 9.34 Å².